The fourth-order valence-electron chi connectivity index (χ4n) is 4.23. The van der Waals surface area contributed by atoms with E-state index in [-0.39, 0.29) is 12.5 Å². The van der Waals surface area contributed by atoms with Crippen LogP contribution in [0, 0.1) is 0 Å². The van der Waals surface area contributed by atoms with Crippen LogP contribution in [0.15, 0.2) is 103 Å². The standard InChI is InChI=1S/C28H27NO3/c1-3-12-26(31-4-2)27(20-13-6-5-7-14-20)29-28(30)32-19-25-23-17-10-8-15-21(23)22-16-9-11-18-24(22)25/h3,5-18,25,27H,1,4,19H2,2H3,(H,29,30)/b26-12+/t27-/m1/s1. The summed E-state index contributed by atoms with van der Waals surface area (Å²) in [7, 11) is 0. The van der Waals surface area contributed by atoms with Crippen LogP contribution in [0.25, 0.3) is 11.1 Å². The Kier molecular flexibility index (Phi) is 6.71. The highest BCUT2D eigenvalue weighted by Crippen LogP contribution is 2.44. The molecule has 0 aliphatic heterocycles. The molecule has 1 aliphatic carbocycles. The molecule has 0 saturated carbocycles. The third-order valence-electron chi connectivity index (χ3n) is 5.62. The Morgan fingerprint density at radius 3 is 2.12 bits per heavy atom. The van der Waals surface area contributed by atoms with Crippen molar-refractivity contribution in [3.05, 3.63) is 120 Å². The smallest absolute Gasteiger partial charge is 0.408 e. The number of carbonyl (C=O) groups excluding carboxylic acids is 1. The molecule has 1 aliphatic rings. The second-order valence-corrected chi connectivity index (χ2v) is 7.55. The van der Waals surface area contributed by atoms with Gasteiger partial charge in [0.1, 0.15) is 18.4 Å². The zero-order valence-electron chi connectivity index (χ0n) is 18.2. The van der Waals surface area contributed by atoms with Crippen molar-refractivity contribution >= 4 is 6.09 Å². The zero-order valence-corrected chi connectivity index (χ0v) is 18.2. The first-order valence-corrected chi connectivity index (χ1v) is 10.8. The van der Waals surface area contributed by atoms with E-state index < -0.39 is 12.1 Å². The fraction of sp³-hybridized carbons (Fsp3) is 0.179. The third kappa shape index (κ3) is 4.45. The second kappa shape index (κ2) is 10.0. The summed E-state index contributed by atoms with van der Waals surface area (Å²) in [6, 6.07) is 25.8. The maximum absolute atomic E-state index is 12.9. The van der Waals surface area contributed by atoms with Crippen LogP contribution >= 0.6 is 0 Å². The molecule has 3 aromatic rings. The normalized spacial score (nSPS) is 13.6. The molecule has 4 heteroatoms. The van der Waals surface area contributed by atoms with Crippen LogP contribution in [0.2, 0.25) is 0 Å². The molecular weight excluding hydrogens is 398 g/mol. The number of benzene rings is 3. The molecule has 0 spiro atoms. The number of carbonyl (C=O) groups is 1. The van der Waals surface area contributed by atoms with Gasteiger partial charge in [-0.25, -0.2) is 4.79 Å². The highest BCUT2D eigenvalue weighted by Gasteiger charge is 2.29. The zero-order chi connectivity index (χ0) is 22.3. The Bertz CT molecular complexity index is 1070. The number of ether oxygens (including phenoxy) is 2. The number of nitrogens with one attached hydrogen (secondary N) is 1. The molecule has 3 aromatic carbocycles. The molecule has 0 aromatic heterocycles. The summed E-state index contributed by atoms with van der Waals surface area (Å²) in [5.74, 6) is 0.626. The lowest BCUT2D eigenvalue weighted by Gasteiger charge is -2.23. The first-order valence-electron chi connectivity index (χ1n) is 10.8. The van der Waals surface area contributed by atoms with E-state index >= 15 is 0 Å². The molecule has 32 heavy (non-hydrogen) atoms. The van der Waals surface area contributed by atoms with Crippen LogP contribution in [0.3, 0.4) is 0 Å². The van der Waals surface area contributed by atoms with Gasteiger partial charge in [-0.2, -0.15) is 0 Å². The Hall–Kier alpha value is -3.79. The molecule has 162 valence electrons. The van der Waals surface area contributed by atoms with Gasteiger partial charge in [0.25, 0.3) is 0 Å². The maximum Gasteiger partial charge on any atom is 0.408 e. The van der Waals surface area contributed by atoms with Crippen LogP contribution in [0.1, 0.15) is 35.6 Å². The van der Waals surface area contributed by atoms with E-state index in [0.717, 1.165) is 5.56 Å². The highest BCUT2D eigenvalue weighted by atomic mass is 16.5. The first-order chi connectivity index (χ1) is 15.7. The summed E-state index contributed by atoms with van der Waals surface area (Å²) in [4.78, 5) is 12.9. The molecule has 1 atom stereocenters. The van der Waals surface area contributed by atoms with Crippen LogP contribution in [-0.2, 0) is 9.47 Å². The van der Waals surface area contributed by atoms with Gasteiger partial charge in [-0.3, -0.25) is 0 Å². The Labute approximate surface area is 189 Å². The number of allylic oxidation sites excluding steroid dienone is 2. The van der Waals surface area contributed by atoms with Crippen molar-refractivity contribution in [3.8, 4) is 11.1 Å². The first kappa shape index (κ1) is 21.4. The van der Waals surface area contributed by atoms with Crippen molar-refractivity contribution in [1.82, 2.24) is 5.32 Å². The van der Waals surface area contributed by atoms with Gasteiger partial charge >= 0.3 is 6.09 Å². The summed E-state index contributed by atoms with van der Waals surface area (Å²) in [6.45, 7) is 6.42. The van der Waals surface area contributed by atoms with Gasteiger partial charge in [-0.05, 0) is 40.8 Å². The SMILES string of the molecule is C=C/C=C(/OCC)[C@H](NC(=O)OCC1c2ccccc2-c2ccccc21)c1ccccc1. The summed E-state index contributed by atoms with van der Waals surface area (Å²) < 4.78 is 11.5. The fourth-order valence-corrected chi connectivity index (χ4v) is 4.23. The second-order valence-electron chi connectivity index (χ2n) is 7.55. The van der Waals surface area contributed by atoms with Gasteiger partial charge in [0.05, 0.1) is 6.61 Å². The Morgan fingerprint density at radius 1 is 0.938 bits per heavy atom. The predicted molar refractivity (Wildman–Crippen MR) is 127 cm³/mol. The van der Waals surface area contributed by atoms with Crippen molar-refractivity contribution in [2.24, 2.45) is 0 Å². The average molecular weight is 426 g/mol. The molecule has 1 N–H and O–H groups in total. The number of alkyl carbamates (subject to hydrolysis) is 1. The van der Waals surface area contributed by atoms with Gasteiger partial charge in [0, 0.05) is 5.92 Å². The molecule has 0 bridgehead atoms. The van der Waals surface area contributed by atoms with Crippen molar-refractivity contribution in [2.45, 2.75) is 18.9 Å². The number of rotatable bonds is 8. The van der Waals surface area contributed by atoms with Crippen LogP contribution in [0.5, 0.6) is 0 Å². The Balaban J connectivity index is 1.52. The molecule has 0 heterocycles. The van der Waals surface area contributed by atoms with Crippen LogP contribution in [-0.4, -0.2) is 19.3 Å². The Morgan fingerprint density at radius 2 is 1.53 bits per heavy atom. The largest absolute Gasteiger partial charge is 0.496 e. The molecule has 4 rings (SSSR count). The lowest BCUT2D eigenvalue weighted by Crippen LogP contribution is -2.32. The molecule has 0 radical (unpaired) electrons. The minimum Gasteiger partial charge on any atom is -0.496 e. The number of fused-ring (bicyclic) bond motifs is 3. The van der Waals surface area contributed by atoms with E-state index in [0.29, 0.717) is 12.4 Å². The maximum atomic E-state index is 12.9. The lowest BCUT2D eigenvalue weighted by atomic mass is 9.98. The topological polar surface area (TPSA) is 47.6 Å². The van der Waals surface area contributed by atoms with Crippen molar-refractivity contribution in [2.75, 3.05) is 13.2 Å². The van der Waals surface area contributed by atoms with E-state index in [2.05, 4.69) is 36.2 Å². The molecule has 0 fully saturated rings. The average Bonchev–Trinajstić information content (AvgIpc) is 3.15. The van der Waals surface area contributed by atoms with Crippen LogP contribution in [0.4, 0.5) is 4.79 Å². The van der Waals surface area contributed by atoms with Gasteiger partial charge < -0.3 is 14.8 Å². The molecule has 0 unspecified atom stereocenters. The van der Waals surface area contributed by atoms with Crippen LogP contribution < -0.4 is 5.32 Å². The number of amides is 1. The molecule has 1 amide bonds. The summed E-state index contributed by atoms with van der Waals surface area (Å²) in [6.07, 6.45) is 2.93. The minimum atomic E-state index is -0.490. The van der Waals surface area contributed by atoms with E-state index in [1.807, 2.05) is 61.5 Å². The molecule has 0 saturated heterocycles. The van der Waals surface area contributed by atoms with Gasteiger partial charge in [-0.15, -0.1) is 0 Å². The van der Waals surface area contributed by atoms with Gasteiger partial charge in [-0.1, -0.05) is 91.5 Å². The molecular formula is C28H27NO3. The minimum absolute atomic E-state index is 0.0124. The monoisotopic (exact) mass is 425 g/mol. The van der Waals surface area contributed by atoms with E-state index in [9.17, 15) is 4.79 Å². The summed E-state index contributed by atoms with van der Waals surface area (Å²) >= 11 is 0. The molecule has 4 nitrogen and oxygen atoms in total. The lowest BCUT2D eigenvalue weighted by molar-refractivity contribution is 0.133. The van der Waals surface area contributed by atoms with E-state index in [4.69, 9.17) is 9.47 Å². The number of hydrogen-bond acceptors (Lipinski definition) is 3. The van der Waals surface area contributed by atoms with Crippen molar-refractivity contribution in [3.63, 3.8) is 0 Å². The highest BCUT2D eigenvalue weighted by molar-refractivity contribution is 5.79. The summed E-state index contributed by atoms with van der Waals surface area (Å²) in [5, 5.41) is 2.97. The quantitative estimate of drug-likeness (QED) is 0.337. The predicted octanol–water partition coefficient (Wildman–Crippen LogP) is 6.37. The van der Waals surface area contributed by atoms with E-state index in [1.165, 1.54) is 22.3 Å². The van der Waals surface area contributed by atoms with E-state index in [1.54, 1.807) is 12.2 Å². The summed E-state index contributed by atoms with van der Waals surface area (Å²) in [5.41, 5.74) is 5.67. The van der Waals surface area contributed by atoms with Crippen molar-refractivity contribution < 1.29 is 14.3 Å². The number of hydrogen-bond donors (Lipinski definition) is 1. The third-order valence-corrected chi connectivity index (χ3v) is 5.62. The van der Waals surface area contributed by atoms with Gasteiger partial charge in [0.2, 0.25) is 0 Å². The van der Waals surface area contributed by atoms with Crippen molar-refractivity contribution in [1.29, 1.82) is 0 Å². The van der Waals surface area contributed by atoms with Gasteiger partial charge in [0.15, 0.2) is 0 Å².